The van der Waals surface area contributed by atoms with Gasteiger partial charge in [0, 0.05) is 11.1 Å². The summed E-state index contributed by atoms with van der Waals surface area (Å²) in [6.45, 7) is 0. The number of benzene rings is 4. The average Bonchev–Trinajstić information content (AvgIpc) is 2.85. The predicted molar refractivity (Wildman–Crippen MR) is 121 cm³/mol. The molecule has 0 saturated heterocycles. The van der Waals surface area contributed by atoms with Crippen molar-refractivity contribution >= 4 is 17.4 Å². The highest BCUT2D eigenvalue weighted by molar-refractivity contribution is 6.14. The zero-order valence-corrected chi connectivity index (χ0v) is 16.7. The molecule has 0 radical (unpaired) electrons. The number of hydrogen-bond donors (Lipinski definition) is 2. The third-order valence-electron chi connectivity index (χ3n) is 5.17. The van der Waals surface area contributed by atoms with Crippen LogP contribution in [-0.4, -0.2) is 16.8 Å². The van der Waals surface area contributed by atoms with Gasteiger partial charge in [-0.1, -0.05) is 103 Å². The predicted octanol–water partition coefficient (Wildman–Crippen LogP) is 4.79. The summed E-state index contributed by atoms with van der Waals surface area (Å²) in [6.07, 6.45) is 0. The van der Waals surface area contributed by atoms with Gasteiger partial charge in [0.2, 0.25) is 0 Å². The summed E-state index contributed by atoms with van der Waals surface area (Å²) in [5, 5.41) is 14.4. The summed E-state index contributed by atoms with van der Waals surface area (Å²) in [5.41, 5.74) is 0.157. The van der Waals surface area contributed by atoms with Crippen molar-refractivity contribution in [3.8, 4) is 0 Å². The van der Waals surface area contributed by atoms with Crippen LogP contribution in [0.15, 0.2) is 115 Å². The number of ketones is 1. The fourth-order valence-corrected chi connectivity index (χ4v) is 3.54. The molecule has 0 heterocycles. The molecule has 0 spiro atoms. The lowest BCUT2D eigenvalue weighted by Gasteiger charge is -2.28. The summed E-state index contributed by atoms with van der Waals surface area (Å²) < 4.78 is 0. The van der Waals surface area contributed by atoms with Crippen LogP contribution in [0.3, 0.4) is 0 Å². The molecule has 0 bridgehead atoms. The molecule has 4 nitrogen and oxygen atoms in total. The second kappa shape index (κ2) is 8.78. The number of hydrogen-bond acceptors (Lipinski definition) is 3. The van der Waals surface area contributed by atoms with Crippen LogP contribution >= 0.6 is 0 Å². The van der Waals surface area contributed by atoms with Crippen LogP contribution in [0.5, 0.6) is 0 Å². The molecule has 152 valence electrons. The van der Waals surface area contributed by atoms with E-state index in [1.807, 2.05) is 18.2 Å². The number of carbonyl (C=O) groups is 2. The SMILES string of the molecule is O=C(c1ccccc1)c1ccccc1NC(=O)C(O)(c1ccccc1)c1ccccc1. The Hall–Kier alpha value is -4.02. The van der Waals surface area contributed by atoms with E-state index in [1.165, 1.54) is 0 Å². The van der Waals surface area contributed by atoms with E-state index in [0.717, 1.165) is 0 Å². The number of para-hydroxylation sites is 1. The molecule has 31 heavy (non-hydrogen) atoms. The van der Waals surface area contributed by atoms with Gasteiger partial charge in [0.15, 0.2) is 11.4 Å². The number of rotatable bonds is 6. The Kier molecular flexibility index (Phi) is 5.74. The lowest BCUT2D eigenvalue weighted by atomic mass is 9.85. The number of aliphatic hydroxyl groups is 1. The summed E-state index contributed by atoms with van der Waals surface area (Å²) >= 11 is 0. The van der Waals surface area contributed by atoms with Gasteiger partial charge in [-0.3, -0.25) is 9.59 Å². The molecule has 4 heteroatoms. The maximum absolute atomic E-state index is 13.5. The van der Waals surface area contributed by atoms with E-state index in [1.54, 1.807) is 97.1 Å². The van der Waals surface area contributed by atoms with Gasteiger partial charge < -0.3 is 10.4 Å². The lowest BCUT2D eigenvalue weighted by molar-refractivity contribution is -0.131. The van der Waals surface area contributed by atoms with Crippen LogP contribution in [0.25, 0.3) is 0 Å². The number of nitrogens with one attached hydrogen (secondary N) is 1. The molecule has 0 fully saturated rings. The quantitative estimate of drug-likeness (QED) is 0.452. The highest BCUT2D eigenvalue weighted by Gasteiger charge is 2.40. The van der Waals surface area contributed by atoms with Crippen LogP contribution in [0.4, 0.5) is 5.69 Å². The normalized spacial score (nSPS) is 11.0. The molecule has 1 amide bonds. The Bertz CT molecular complexity index is 1150. The Morgan fingerprint density at radius 2 is 1.06 bits per heavy atom. The van der Waals surface area contributed by atoms with Crippen LogP contribution in [-0.2, 0) is 10.4 Å². The molecule has 0 saturated carbocycles. The first-order valence-electron chi connectivity index (χ1n) is 9.94. The molecule has 4 aromatic carbocycles. The molecule has 0 unspecified atom stereocenters. The van der Waals surface area contributed by atoms with Crippen molar-refractivity contribution < 1.29 is 14.7 Å². The zero-order chi connectivity index (χ0) is 21.7. The van der Waals surface area contributed by atoms with E-state index < -0.39 is 11.5 Å². The maximum Gasteiger partial charge on any atom is 0.265 e. The van der Waals surface area contributed by atoms with Crippen molar-refractivity contribution in [2.45, 2.75) is 5.60 Å². The topological polar surface area (TPSA) is 66.4 Å². The fraction of sp³-hybridized carbons (Fsp3) is 0.0370. The summed E-state index contributed by atoms with van der Waals surface area (Å²) in [7, 11) is 0. The van der Waals surface area contributed by atoms with Crippen molar-refractivity contribution in [3.63, 3.8) is 0 Å². The van der Waals surface area contributed by atoms with Gasteiger partial charge in [-0.15, -0.1) is 0 Å². The molecule has 0 aliphatic rings. The van der Waals surface area contributed by atoms with Gasteiger partial charge in [0.1, 0.15) is 0 Å². The third-order valence-corrected chi connectivity index (χ3v) is 5.17. The summed E-state index contributed by atoms with van der Waals surface area (Å²) in [4.78, 5) is 26.5. The minimum absolute atomic E-state index is 0.209. The van der Waals surface area contributed by atoms with E-state index in [2.05, 4.69) is 5.32 Å². The molecule has 4 rings (SSSR count). The standard InChI is InChI=1S/C27H21NO3/c29-25(20-12-4-1-5-13-20)23-18-10-11-19-24(23)28-26(30)27(31,21-14-6-2-7-15-21)22-16-8-3-9-17-22/h1-19,31H,(H,28,30). The average molecular weight is 407 g/mol. The molecule has 4 aromatic rings. The van der Waals surface area contributed by atoms with E-state index in [-0.39, 0.29) is 5.78 Å². The van der Waals surface area contributed by atoms with Crippen molar-refractivity contribution in [2.75, 3.05) is 5.32 Å². The van der Waals surface area contributed by atoms with Crippen molar-refractivity contribution in [1.29, 1.82) is 0 Å². The first-order chi connectivity index (χ1) is 15.1. The smallest absolute Gasteiger partial charge is 0.265 e. The summed E-state index contributed by atoms with van der Waals surface area (Å²) in [5.74, 6) is -0.849. The molecule has 0 aromatic heterocycles. The molecule has 0 atom stereocenters. The minimum atomic E-state index is -1.93. The van der Waals surface area contributed by atoms with Gasteiger partial charge in [-0.2, -0.15) is 0 Å². The van der Waals surface area contributed by atoms with E-state index in [9.17, 15) is 14.7 Å². The van der Waals surface area contributed by atoms with Crippen LogP contribution in [0.2, 0.25) is 0 Å². The Morgan fingerprint density at radius 3 is 1.61 bits per heavy atom. The third kappa shape index (κ3) is 4.02. The molecular formula is C27H21NO3. The highest BCUT2D eigenvalue weighted by atomic mass is 16.3. The highest BCUT2D eigenvalue weighted by Crippen LogP contribution is 2.32. The van der Waals surface area contributed by atoms with Crippen molar-refractivity contribution in [3.05, 3.63) is 138 Å². The zero-order valence-electron chi connectivity index (χ0n) is 16.7. The first-order valence-corrected chi connectivity index (χ1v) is 9.94. The monoisotopic (exact) mass is 407 g/mol. The van der Waals surface area contributed by atoms with E-state index in [4.69, 9.17) is 0 Å². The number of carbonyl (C=O) groups excluding carboxylic acids is 2. The summed E-state index contributed by atoms with van der Waals surface area (Å²) in [6, 6.07) is 33.2. The number of amides is 1. The van der Waals surface area contributed by atoms with E-state index in [0.29, 0.717) is 27.9 Å². The first kappa shape index (κ1) is 20.3. The van der Waals surface area contributed by atoms with Gasteiger partial charge in [0.25, 0.3) is 5.91 Å². The van der Waals surface area contributed by atoms with Crippen LogP contribution in [0, 0.1) is 0 Å². The fourth-order valence-electron chi connectivity index (χ4n) is 3.54. The Labute approximate surface area is 180 Å². The Morgan fingerprint density at radius 1 is 0.613 bits per heavy atom. The molecule has 2 N–H and O–H groups in total. The van der Waals surface area contributed by atoms with Crippen LogP contribution in [0.1, 0.15) is 27.0 Å². The van der Waals surface area contributed by atoms with E-state index >= 15 is 0 Å². The van der Waals surface area contributed by atoms with Crippen LogP contribution < -0.4 is 5.32 Å². The molecule has 0 aliphatic heterocycles. The molecule has 0 aliphatic carbocycles. The largest absolute Gasteiger partial charge is 0.372 e. The van der Waals surface area contributed by atoms with Crippen molar-refractivity contribution in [1.82, 2.24) is 0 Å². The van der Waals surface area contributed by atoms with Gasteiger partial charge in [-0.25, -0.2) is 0 Å². The second-order valence-electron chi connectivity index (χ2n) is 7.14. The molecular weight excluding hydrogens is 386 g/mol. The van der Waals surface area contributed by atoms with Gasteiger partial charge in [-0.05, 0) is 23.3 Å². The van der Waals surface area contributed by atoms with Gasteiger partial charge in [0.05, 0.1) is 5.69 Å². The lowest BCUT2D eigenvalue weighted by Crippen LogP contribution is -2.41. The minimum Gasteiger partial charge on any atom is -0.372 e. The second-order valence-corrected chi connectivity index (χ2v) is 7.14. The number of anilines is 1. The Balaban J connectivity index is 1.74. The van der Waals surface area contributed by atoms with Crippen molar-refractivity contribution in [2.24, 2.45) is 0 Å². The van der Waals surface area contributed by atoms with Gasteiger partial charge >= 0.3 is 0 Å². The maximum atomic E-state index is 13.5.